The van der Waals surface area contributed by atoms with Gasteiger partial charge in [0.1, 0.15) is 11.6 Å². The summed E-state index contributed by atoms with van der Waals surface area (Å²) in [5.74, 6) is 1.83. The van der Waals surface area contributed by atoms with Gasteiger partial charge in [-0.2, -0.15) is 0 Å². The van der Waals surface area contributed by atoms with Crippen molar-refractivity contribution in [2.75, 3.05) is 36.6 Å². The molecule has 1 fully saturated rings. The highest BCUT2D eigenvalue weighted by Crippen LogP contribution is 2.23. The van der Waals surface area contributed by atoms with Crippen molar-refractivity contribution in [2.45, 2.75) is 31.2 Å². The second-order valence-electron chi connectivity index (χ2n) is 4.51. The predicted octanol–water partition coefficient (Wildman–Crippen LogP) is 1.85. The maximum Gasteiger partial charge on any atom is 0.191 e. The van der Waals surface area contributed by atoms with Crippen LogP contribution >= 0.6 is 11.8 Å². The van der Waals surface area contributed by atoms with Crippen LogP contribution in [0.15, 0.2) is 11.2 Å². The van der Waals surface area contributed by atoms with E-state index in [0.717, 1.165) is 29.9 Å². The average Bonchev–Trinajstić information content (AvgIpc) is 2.37. The third kappa shape index (κ3) is 3.05. The number of hydrogen-bond donors (Lipinski definition) is 1. The number of nitrogens with one attached hydrogen (secondary N) is 1. The maximum absolute atomic E-state index is 5.75. The molecule has 0 saturated carbocycles. The molecule has 0 spiro atoms. The average molecular weight is 268 g/mol. The van der Waals surface area contributed by atoms with Crippen LogP contribution in [0.5, 0.6) is 0 Å². The minimum atomic E-state index is 0.236. The number of hydrogen-bond acceptors (Lipinski definition) is 6. The minimum Gasteiger partial charge on any atom is -0.373 e. The Hall–Kier alpha value is -1.01. The molecule has 100 valence electrons. The quantitative estimate of drug-likeness (QED) is 0.667. The van der Waals surface area contributed by atoms with Crippen molar-refractivity contribution < 1.29 is 4.74 Å². The van der Waals surface area contributed by atoms with E-state index in [1.165, 1.54) is 0 Å². The Morgan fingerprint density at radius 1 is 1.33 bits per heavy atom. The van der Waals surface area contributed by atoms with Crippen molar-refractivity contribution in [1.29, 1.82) is 0 Å². The number of thioether (sulfide) groups is 1. The van der Waals surface area contributed by atoms with Gasteiger partial charge in [-0.25, -0.2) is 9.97 Å². The molecule has 2 heterocycles. The molecular formula is C12H20N4OS. The summed E-state index contributed by atoms with van der Waals surface area (Å²) >= 11 is 1.56. The van der Waals surface area contributed by atoms with Gasteiger partial charge in [0.2, 0.25) is 0 Å². The normalized spacial score (nSPS) is 24.1. The molecule has 0 unspecified atom stereocenters. The first kappa shape index (κ1) is 13.4. The van der Waals surface area contributed by atoms with Crippen molar-refractivity contribution >= 4 is 23.4 Å². The van der Waals surface area contributed by atoms with Crippen LogP contribution in [0.25, 0.3) is 0 Å². The number of morpholine rings is 1. The fraction of sp³-hybridized carbons (Fsp3) is 0.667. The highest BCUT2D eigenvalue weighted by molar-refractivity contribution is 7.98. The molecule has 1 aromatic rings. The first-order chi connectivity index (χ1) is 8.62. The molecular weight excluding hydrogens is 248 g/mol. The lowest BCUT2D eigenvalue weighted by molar-refractivity contribution is -0.00549. The van der Waals surface area contributed by atoms with Gasteiger partial charge in [-0.3, -0.25) is 0 Å². The Labute approximate surface area is 112 Å². The zero-order valence-corrected chi connectivity index (χ0v) is 12.1. The van der Waals surface area contributed by atoms with Crippen LogP contribution in [-0.2, 0) is 4.74 Å². The van der Waals surface area contributed by atoms with Gasteiger partial charge in [-0.15, -0.1) is 0 Å². The van der Waals surface area contributed by atoms with Crippen molar-refractivity contribution in [3.8, 4) is 0 Å². The van der Waals surface area contributed by atoms with Gasteiger partial charge in [-0.05, 0) is 20.1 Å². The third-order valence-corrected chi connectivity index (χ3v) is 3.42. The second kappa shape index (κ2) is 5.75. The molecule has 0 aromatic carbocycles. The highest BCUT2D eigenvalue weighted by atomic mass is 32.2. The zero-order valence-electron chi connectivity index (χ0n) is 11.3. The number of ether oxygens (including phenoxy) is 1. The molecule has 1 saturated heterocycles. The van der Waals surface area contributed by atoms with E-state index in [2.05, 4.69) is 34.0 Å². The van der Waals surface area contributed by atoms with Crippen LogP contribution in [0.1, 0.15) is 13.8 Å². The van der Waals surface area contributed by atoms with E-state index in [1.807, 2.05) is 19.4 Å². The van der Waals surface area contributed by atoms with E-state index in [0.29, 0.717) is 0 Å². The number of nitrogens with zero attached hydrogens (tertiary/aromatic N) is 3. The van der Waals surface area contributed by atoms with Crippen LogP contribution in [-0.4, -0.2) is 48.6 Å². The lowest BCUT2D eigenvalue weighted by Gasteiger charge is -2.36. The molecule has 0 radical (unpaired) electrons. The SMILES string of the molecule is CNc1cc(N2C[C@@H](C)O[C@@H](C)C2)nc(SC)n1. The molecule has 1 aromatic heterocycles. The van der Waals surface area contributed by atoms with Crippen LogP contribution in [0.3, 0.4) is 0 Å². The smallest absolute Gasteiger partial charge is 0.191 e. The van der Waals surface area contributed by atoms with Crippen molar-refractivity contribution in [2.24, 2.45) is 0 Å². The summed E-state index contributed by atoms with van der Waals surface area (Å²) in [4.78, 5) is 11.2. The highest BCUT2D eigenvalue weighted by Gasteiger charge is 2.23. The van der Waals surface area contributed by atoms with Gasteiger partial charge >= 0.3 is 0 Å². The fourth-order valence-corrected chi connectivity index (χ4v) is 2.53. The van der Waals surface area contributed by atoms with Gasteiger partial charge < -0.3 is 15.0 Å². The lowest BCUT2D eigenvalue weighted by atomic mass is 10.2. The molecule has 2 rings (SSSR count). The van der Waals surface area contributed by atoms with E-state index in [-0.39, 0.29) is 12.2 Å². The Morgan fingerprint density at radius 2 is 2.00 bits per heavy atom. The molecule has 6 heteroatoms. The van der Waals surface area contributed by atoms with Gasteiger partial charge in [0, 0.05) is 26.2 Å². The third-order valence-electron chi connectivity index (χ3n) is 2.87. The molecule has 1 aliphatic heterocycles. The second-order valence-corrected chi connectivity index (χ2v) is 5.28. The largest absolute Gasteiger partial charge is 0.373 e. The van der Waals surface area contributed by atoms with Crippen LogP contribution in [0, 0.1) is 0 Å². The summed E-state index contributed by atoms with van der Waals surface area (Å²) in [5, 5.41) is 3.88. The maximum atomic E-state index is 5.75. The molecule has 1 aliphatic rings. The molecule has 18 heavy (non-hydrogen) atoms. The Balaban J connectivity index is 2.25. The summed E-state index contributed by atoms with van der Waals surface area (Å²) in [6.45, 7) is 5.94. The topological polar surface area (TPSA) is 50.3 Å². The predicted molar refractivity (Wildman–Crippen MR) is 75.6 cm³/mol. The van der Waals surface area contributed by atoms with Crippen molar-refractivity contribution in [3.63, 3.8) is 0 Å². The van der Waals surface area contributed by atoms with E-state index >= 15 is 0 Å². The number of aromatic nitrogens is 2. The summed E-state index contributed by atoms with van der Waals surface area (Å²) in [5.41, 5.74) is 0. The Kier molecular flexibility index (Phi) is 4.29. The molecule has 0 aliphatic carbocycles. The van der Waals surface area contributed by atoms with E-state index in [4.69, 9.17) is 4.74 Å². The van der Waals surface area contributed by atoms with E-state index in [9.17, 15) is 0 Å². The molecule has 1 N–H and O–H groups in total. The summed E-state index contributed by atoms with van der Waals surface area (Å²) in [6.07, 6.45) is 2.46. The monoisotopic (exact) mass is 268 g/mol. The van der Waals surface area contributed by atoms with Crippen molar-refractivity contribution in [1.82, 2.24) is 9.97 Å². The van der Waals surface area contributed by atoms with Crippen LogP contribution in [0.4, 0.5) is 11.6 Å². The molecule has 5 nitrogen and oxygen atoms in total. The van der Waals surface area contributed by atoms with E-state index < -0.39 is 0 Å². The standard InChI is InChI=1S/C12H20N4OS/c1-8-6-16(7-9(2)17-8)11-5-10(13-3)14-12(15-11)18-4/h5,8-9H,6-7H2,1-4H3,(H,13,14,15)/t8-,9+. The number of rotatable bonds is 3. The Bertz CT molecular complexity index is 383. The summed E-state index contributed by atoms with van der Waals surface area (Å²) in [7, 11) is 1.88. The van der Waals surface area contributed by atoms with Crippen molar-refractivity contribution in [3.05, 3.63) is 6.07 Å². The van der Waals surface area contributed by atoms with Gasteiger partial charge in [0.25, 0.3) is 0 Å². The minimum absolute atomic E-state index is 0.236. The van der Waals surface area contributed by atoms with E-state index in [1.54, 1.807) is 11.8 Å². The summed E-state index contributed by atoms with van der Waals surface area (Å²) in [6, 6.07) is 1.99. The lowest BCUT2D eigenvalue weighted by Crippen LogP contribution is -2.45. The molecule has 2 atom stereocenters. The first-order valence-corrected chi connectivity index (χ1v) is 7.36. The summed E-state index contributed by atoms with van der Waals surface area (Å²) < 4.78 is 5.75. The Morgan fingerprint density at radius 3 is 2.56 bits per heavy atom. The molecule has 0 amide bonds. The van der Waals surface area contributed by atoms with Crippen LogP contribution < -0.4 is 10.2 Å². The number of anilines is 2. The molecule has 0 bridgehead atoms. The first-order valence-electron chi connectivity index (χ1n) is 6.13. The van der Waals surface area contributed by atoms with Gasteiger partial charge in [-0.1, -0.05) is 11.8 Å². The zero-order chi connectivity index (χ0) is 13.1. The van der Waals surface area contributed by atoms with Gasteiger partial charge in [0.05, 0.1) is 12.2 Å². The van der Waals surface area contributed by atoms with Crippen LogP contribution in [0.2, 0.25) is 0 Å². The van der Waals surface area contributed by atoms with Gasteiger partial charge in [0.15, 0.2) is 5.16 Å². The fourth-order valence-electron chi connectivity index (χ4n) is 2.16.